The van der Waals surface area contributed by atoms with Crippen molar-refractivity contribution in [3.05, 3.63) is 0 Å². The van der Waals surface area contributed by atoms with Gasteiger partial charge >= 0.3 is 0 Å². The molecular formula is CH3IN2. The minimum absolute atomic E-state index is 1.63. The van der Waals surface area contributed by atoms with Crippen LogP contribution in [0.4, 0.5) is 0 Å². The molecule has 0 aliphatic heterocycles. The van der Waals surface area contributed by atoms with E-state index in [1.807, 2.05) is 22.9 Å². The Labute approximate surface area is 38.8 Å². The van der Waals surface area contributed by atoms with Crippen molar-refractivity contribution in [1.82, 2.24) is 0 Å². The van der Waals surface area contributed by atoms with Crippen molar-refractivity contribution < 1.29 is 0 Å². The molecular weight excluding hydrogens is 167 g/mol. The third kappa shape index (κ3) is 2.33. The molecule has 0 amide bonds. The molecule has 0 aromatic heterocycles. The monoisotopic (exact) mass is 170 g/mol. The van der Waals surface area contributed by atoms with Crippen molar-refractivity contribution in [1.29, 1.82) is 0 Å². The molecule has 0 aromatic carbocycles. The quantitative estimate of drug-likeness (QED) is 0.388. The van der Waals surface area contributed by atoms with E-state index >= 15 is 0 Å². The van der Waals surface area contributed by atoms with Gasteiger partial charge in [-0.1, -0.05) is 0 Å². The van der Waals surface area contributed by atoms with Gasteiger partial charge in [0.2, 0.25) is 0 Å². The van der Waals surface area contributed by atoms with E-state index < -0.39 is 0 Å². The van der Waals surface area contributed by atoms with E-state index in [0.717, 1.165) is 0 Å². The Kier molecular flexibility index (Phi) is 3.60. The zero-order valence-corrected chi connectivity index (χ0v) is 4.43. The Morgan fingerprint density at radius 1 is 1.75 bits per heavy atom. The summed E-state index contributed by atoms with van der Waals surface area (Å²) in [5.41, 5.74) is 0. The fraction of sp³-hybridized carbons (Fsp3) is 1.00. The standard InChI is InChI=1S/CH3IN2/c1-3-4-2/h1H3. The van der Waals surface area contributed by atoms with Crippen molar-refractivity contribution >= 4 is 22.9 Å². The van der Waals surface area contributed by atoms with E-state index in [1.54, 1.807) is 7.05 Å². The van der Waals surface area contributed by atoms with Gasteiger partial charge in [-0.2, -0.15) is 5.11 Å². The summed E-state index contributed by atoms with van der Waals surface area (Å²) in [7, 11) is 1.63. The van der Waals surface area contributed by atoms with E-state index in [1.165, 1.54) is 0 Å². The average molecular weight is 170 g/mol. The fourth-order valence-electron chi connectivity index (χ4n) is 0. The van der Waals surface area contributed by atoms with Gasteiger partial charge in [-0.25, -0.2) is 0 Å². The van der Waals surface area contributed by atoms with E-state index in [2.05, 4.69) is 8.44 Å². The predicted molar refractivity (Wildman–Crippen MR) is 24.8 cm³/mol. The van der Waals surface area contributed by atoms with Crippen LogP contribution in [0, 0.1) is 0 Å². The van der Waals surface area contributed by atoms with Crippen LogP contribution in [0.3, 0.4) is 0 Å². The maximum Gasteiger partial charge on any atom is 0.111 e. The Balaban J connectivity index is 2.55. The van der Waals surface area contributed by atoms with Gasteiger partial charge in [-0.15, -0.1) is 3.33 Å². The van der Waals surface area contributed by atoms with Crippen LogP contribution in [0.25, 0.3) is 0 Å². The van der Waals surface area contributed by atoms with Crippen LogP contribution >= 0.6 is 22.9 Å². The van der Waals surface area contributed by atoms with Crippen LogP contribution in [-0.4, -0.2) is 7.05 Å². The highest BCUT2D eigenvalue weighted by molar-refractivity contribution is 14.1. The first-order chi connectivity index (χ1) is 1.91. The number of hydrogen-bond acceptors (Lipinski definition) is 2. The molecule has 0 saturated heterocycles. The molecule has 0 saturated carbocycles. The number of hydrogen-bond donors (Lipinski definition) is 0. The maximum absolute atomic E-state index is 3.35. The van der Waals surface area contributed by atoms with Gasteiger partial charge in [0.15, 0.2) is 0 Å². The second-order valence-electron chi connectivity index (χ2n) is 0.276. The second-order valence-corrected chi connectivity index (χ2v) is 0.707. The molecule has 0 unspecified atom stereocenters. The molecule has 0 N–H and O–H groups in total. The fourth-order valence-corrected chi connectivity index (χ4v) is 0. The predicted octanol–water partition coefficient (Wildman–Crippen LogP) is 1.42. The third-order valence-corrected chi connectivity index (χ3v) is 0.507. The number of halogens is 1. The highest BCUT2D eigenvalue weighted by Gasteiger charge is 1.35. The first-order valence-corrected chi connectivity index (χ1v) is 1.78. The SMILES string of the molecule is CN=NI. The highest BCUT2D eigenvalue weighted by Crippen LogP contribution is 1.77. The van der Waals surface area contributed by atoms with Crippen molar-refractivity contribution in [2.75, 3.05) is 7.05 Å². The van der Waals surface area contributed by atoms with Crippen molar-refractivity contribution in [2.45, 2.75) is 0 Å². The van der Waals surface area contributed by atoms with Crippen molar-refractivity contribution in [2.24, 2.45) is 8.44 Å². The Hall–Kier alpha value is 0.330. The van der Waals surface area contributed by atoms with E-state index in [4.69, 9.17) is 0 Å². The molecule has 0 aliphatic rings. The average Bonchev–Trinajstić information content (AvgIpc) is 1.37. The smallest absolute Gasteiger partial charge is 0.111 e. The van der Waals surface area contributed by atoms with E-state index in [0.29, 0.717) is 0 Å². The topological polar surface area (TPSA) is 24.7 Å². The largest absolute Gasteiger partial charge is 0.187 e. The Morgan fingerprint density at radius 3 is 2.00 bits per heavy atom. The molecule has 0 spiro atoms. The molecule has 3 heteroatoms. The minimum Gasteiger partial charge on any atom is -0.187 e. The van der Waals surface area contributed by atoms with Crippen LogP contribution in [0.5, 0.6) is 0 Å². The van der Waals surface area contributed by atoms with Crippen molar-refractivity contribution in [3.63, 3.8) is 0 Å². The molecule has 0 rings (SSSR count). The van der Waals surface area contributed by atoms with Gasteiger partial charge in [0, 0.05) is 7.05 Å². The van der Waals surface area contributed by atoms with E-state index in [9.17, 15) is 0 Å². The molecule has 2 nitrogen and oxygen atoms in total. The zero-order chi connectivity index (χ0) is 3.41. The first-order valence-electron chi connectivity index (χ1n) is 0.816. The molecule has 0 fully saturated rings. The first kappa shape index (κ1) is 4.33. The minimum atomic E-state index is 1.63. The molecule has 0 heterocycles. The summed E-state index contributed by atoms with van der Waals surface area (Å²) in [6.07, 6.45) is 0. The van der Waals surface area contributed by atoms with Gasteiger partial charge in [-0.3, -0.25) is 0 Å². The van der Waals surface area contributed by atoms with Crippen molar-refractivity contribution in [3.8, 4) is 0 Å². The molecule has 0 atom stereocenters. The summed E-state index contributed by atoms with van der Waals surface area (Å²) in [6, 6.07) is 0. The lowest BCUT2D eigenvalue weighted by molar-refractivity contribution is 1.28. The lowest BCUT2D eigenvalue weighted by atomic mass is 11.6. The van der Waals surface area contributed by atoms with Gasteiger partial charge in [0.05, 0.1) is 0 Å². The molecule has 0 aliphatic carbocycles. The van der Waals surface area contributed by atoms with Gasteiger partial charge in [-0.05, 0) is 0 Å². The maximum atomic E-state index is 3.35. The molecule has 4 heavy (non-hydrogen) atoms. The summed E-state index contributed by atoms with van der Waals surface area (Å²) in [4.78, 5) is 0. The normalized spacial score (nSPS) is 9.50. The van der Waals surface area contributed by atoms with Crippen LogP contribution in [0.1, 0.15) is 0 Å². The second kappa shape index (κ2) is 3.33. The number of nitrogens with zero attached hydrogens (tertiary/aromatic N) is 2. The van der Waals surface area contributed by atoms with Crippen LogP contribution < -0.4 is 0 Å². The molecule has 0 aromatic rings. The lowest BCUT2D eigenvalue weighted by Crippen LogP contribution is -1.27. The summed E-state index contributed by atoms with van der Waals surface area (Å²) < 4.78 is 3.33. The summed E-state index contributed by atoms with van der Waals surface area (Å²) >= 11 is 1.81. The summed E-state index contributed by atoms with van der Waals surface area (Å²) in [6.45, 7) is 0. The third-order valence-electron chi connectivity index (χ3n) is 0.0756. The van der Waals surface area contributed by atoms with Gasteiger partial charge in [0.1, 0.15) is 22.9 Å². The van der Waals surface area contributed by atoms with Crippen LogP contribution in [0.15, 0.2) is 8.44 Å². The van der Waals surface area contributed by atoms with E-state index in [-0.39, 0.29) is 0 Å². The zero-order valence-electron chi connectivity index (χ0n) is 2.27. The van der Waals surface area contributed by atoms with Crippen LogP contribution in [-0.2, 0) is 0 Å². The highest BCUT2D eigenvalue weighted by atomic mass is 127. The Bertz CT molecular complexity index is 21.2. The van der Waals surface area contributed by atoms with Gasteiger partial charge < -0.3 is 0 Å². The molecule has 24 valence electrons. The van der Waals surface area contributed by atoms with Crippen LogP contribution in [0.2, 0.25) is 0 Å². The Morgan fingerprint density at radius 2 is 2.00 bits per heavy atom. The molecule has 0 bridgehead atoms. The number of rotatable bonds is 0. The molecule has 0 radical (unpaired) electrons. The summed E-state index contributed by atoms with van der Waals surface area (Å²) in [5.74, 6) is 0. The lowest BCUT2D eigenvalue weighted by Gasteiger charge is -1.50. The van der Waals surface area contributed by atoms with Gasteiger partial charge in [0.25, 0.3) is 0 Å². The summed E-state index contributed by atoms with van der Waals surface area (Å²) in [5, 5.41) is 3.35.